The number of hydrogen-bond acceptors (Lipinski definition) is 1. The van der Waals surface area contributed by atoms with E-state index in [0.29, 0.717) is 4.90 Å². The smallest absolute Gasteiger partial charge is 0.138 e. The number of hydrogen-bond donors (Lipinski definition) is 1. The highest BCUT2D eigenvalue weighted by Crippen LogP contribution is 2.12. The van der Waals surface area contributed by atoms with Crippen molar-refractivity contribution in [2.24, 2.45) is 5.14 Å². The van der Waals surface area contributed by atoms with E-state index < -0.39 is 9.64 Å². The van der Waals surface area contributed by atoms with E-state index in [-0.39, 0.29) is 5.82 Å². The molecule has 1 aromatic rings. The molecule has 0 bridgehead atoms. The van der Waals surface area contributed by atoms with E-state index in [0.717, 1.165) is 12.0 Å². The molecule has 0 amide bonds. The highest BCUT2D eigenvalue weighted by molar-refractivity contribution is 8.27. The summed E-state index contributed by atoms with van der Waals surface area (Å²) in [6.45, 7) is 1.98. The quantitative estimate of drug-likeness (QED) is 0.791. The number of halogens is 1. The van der Waals surface area contributed by atoms with Crippen molar-refractivity contribution in [1.29, 1.82) is 0 Å². The van der Waals surface area contributed by atoms with Gasteiger partial charge in [-0.1, -0.05) is 13.0 Å². The predicted molar refractivity (Wildman–Crippen MR) is 53.0 cm³/mol. The van der Waals surface area contributed by atoms with Crippen molar-refractivity contribution < 1.29 is 4.39 Å². The largest absolute Gasteiger partial charge is 0.271 e. The minimum absolute atomic E-state index is 0.282. The highest BCUT2D eigenvalue weighted by Gasteiger charge is 2.03. The second-order valence-corrected chi connectivity index (χ2v) is 4.53. The van der Waals surface area contributed by atoms with Gasteiger partial charge in [-0.3, -0.25) is 5.14 Å². The second kappa shape index (κ2) is 4.07. The maximum absolute atomic E-state index is 13.1. The van der Waals surface area contributed by atoms with Crippen LogP contribution in [0.2, 0.25) is 0 Å². The lowest BCUT2D eigenvalue weighted by atomic mass is 10.2. The van der Waals surface area contributed by atoms with Crippen LogP contribution in [0.1, 0.15) is 12.5 Å². The zero-order chi connectivity index (χ0) is 9.14. The molecule has 0 radical (unpaired) electrons. The van der Waals surface area contributed by atoms with Gasteiger partial charge in [-0.25, -0.2) is 4.39 Å². The van der Waals surface area contributed by atoms with Gasteiger partial charge in [0.25, 0.3) is 0 Å². The van der Waals surface area contributed by atoms with E-state index >= 15 is 0 Å². The maximum Gasteiger partial charge on any atom is 0.138 e. The molecule has 0 saturated heterocycles. The van der Waals surface area contributed by atoms with Crippen molar-refractivity contribution in [3.8, 4) is 0 Å². The van der Waals surface area contributed by atoms with Gasteiger partial charge in [0.05, 0.1) is 4.90 Å². The topological polar surface area (TPSA) is 26.0 Å². The van der Waals surface area contributed by atoms with Crippen LogP contribution in [-0.2, 0) is 27.2 Å². The van der Waals surface area contributed by atoms with E-state index in [4.69, 9.17) is 16.3 Å². The van der Waals surface area contributed by atoms with Crippen molar-refractivity contribution in [2.45, 2.75) is 18.2 Å². The summed E-state index contributed by atoms with van der Waals surface area (Å²) in [6, 6.07) is 5.02. The number of nitrogens with two attached hydrogens (primary N) is 1. The van der Waals surface area contributed by atoms with Crippen LogP contribution in [-0.4, -0.2) is 0 Å². The van der Waals surface area contributed by atoms with Crippen LogP contribution in [0.5, 0.6) is 0 Å². The average molecular weight is 203 g/mol. The van der Waals surface area contributed by atoms with Crippen molar-refractivity contribution in [3.63, 3.8) is 0 Å². The van der Waals surface area contributed by atoms with Gasteiger partial charge < -0.3 is 0 Å². The van der Waals surface area contributed by atoms with Gasteiger partial charge >= 0.3 is 0 Å². The zero-order valence-electron chi connectivity index (χ0n) is 6.71. The molecule has 0 aliphatic heterocycles. The number of aryl methyl sites for hydroxylation is 1. The van der Waals surface area contributed by atoms with Crippen LogP contribution in [0.15, 0.2) is 23.1 Å². The van der Waals surface area contributed by atoms with Crippen LogP contribution in [0.3, 0.4) is 0 Å². The molecule has 12 heavy (non-hydrogen) atoms. The SMILES string of the molecule is CCc1ccc(S(N)=S)c(F)c1. The Morgan fingerprint density at radius 3 is 2.67 bits per heavy atom. The molecule has 0 saturated carbocycles. The maximum atomic E-state index is 13.1. The van der Waals surface area contributed by atoms with Gasteiger partial charge in [-0.15, -0.1) is 0 Å². The fraction of sp³-hybridized carbons (Fsp3) is 0.250. The first-order valence-electron chi connectivity index (χ1n) is 3.59. The first-order valence-corrected chi connectivity index (χ1v) is 5.81. The molecule has 0 fully saturated rings. The normalized spacial score (nSPS) is 12.9. The first kappa shape index (κ1) is 9.77. The highest BCUT2D eigenvalue weighted by atomic mass is 32.8. The molecule has 0 aromatic heterocycles. The summed E-state index contributed by atoms with van der Waals surface area (Å²) in [7, 11) is -0.892. The molecule has 1 aromatic carbocycles. The molecule has 1 atom stereocenters. The van der Waals surface area contributed by atoms with Crippen LogP contribution in [0.4, 0.5) is 4.39 Å². The van der Waals surface area contributed by atoms with Crippen molar-refractivity contribution in [1.82, 2.24) is 0 Å². The Hall–Kier alpha value is -0.320. The molecule has 1 rings (SSSR count). The van der Waals surface area contributed by atoms with Crippen molar-refractivity contribution in [3.05, 3.63) is 29.6 Å². The third-order valence-corrected chi connectivity index (χ3v) is 2.92. The van der Waals surface area contributed by atoms with Crippen LogP contribution in [0, 0.1) is 5.82 Å². The Morgan fingerprint density at radius 1 is 1.58 bits per heavy atom. The summed E-state index contributed by atoms with van der Waals surface area (Å²) in [4.78, 5) is 0.433. The van der Waals surface area contributed by atoms with Gasteiger partial charge in [0.1, 0.15) is 5.82 Å². The molecule has 0 aliphatic rings. The average Bonchev–Trinajstić information content (AvgIpc) is 2.03. The molecule has 2 N–H and O–H groups in total. The van der Waals surface area contributed by atoms with Gasteiger partial charge in [-0.05, 0) is 44.9 Å². The molecule has 4 heteroatoms. The summed E-state index contributed by atoms with van der Waals surface area (Å²) >= 11 is 4.78. The predicted octanol–water partition coefficient (Wildman–Crippen LogP) is 1.70. The minimum atomic E-state index is -0.892. The fourth-order valence-corrected chi connectivity index (χ4v) is 1.79. The summed E-state index contributed by atoms with van der Waals surface area (Å²) in [5.74, 6) is -0.282. The molecular weight excluding hydrogens is 193 g/mol. The summed E-state index contributed by atoms with van der Waals surface area (Å²) in [6.07, 6.45) is 0.826. The molecule has 0 heterocycles. The Balaban J connectivity index is 3.12. The number of benzene rings is 1. The summed E-state index contributed by atoms with van der Waals surface area (Å²) in [5, 5.41) is 5.41. The van der Waals surface area contributed by atoms with Gasteiger partial charge in [0, 0.05) is 0 Å². The van der Waals surface area contributed by atoms with E-state index in [1.54, 1.807) is 6.07 Å². The first-order chi connectivity index (χ1) is 5.65. The lowest BCUT2D eigenvalue weighted by Crippen LogP contribution is -2.04. The summed E-state index contributed by atoms with van der Waals surface area (Å²) in [5.41, 5.74) is 0.969. The Bertz CT molecular complexity index is 312. The van der Waals surface area contributed by atoms with E-state index in [2.05, 4.69) is 0 Å². The second-order valence-electron chi connectivity index (χ2n) is 2.42. The van der Waals surface area contributed by atoms with Crippen molar-refractivity contribution in [2.75, 3.05) is 0 Å². The fourth-order valence-electron chi connectivity index (χ4n) is 0.927. The Kier molecular flexibility index (Phi) is 3.31. The minimum Gasteiger partial charge on any atom is -0.271 e. The molecule has 66 valence electrons. The molecule has 0 aliphatic carbocycles. The molecule has 1 unspecified atom stereocenters. The van der Waals surface area contributed by atoms with Gasteiger partial charge in [0.15, 0.2) is 0 Å². The van der Waals surface area contributed by atoms with Crippen molar-refractivity contribution >= 4 is 20.8 Å². The third kappa shape index (κ3) is 2.09. The standard InChI is InChI=1S/C8H10FNS2/c1-2-6-3-4-8(12(10)11)7(9)5-6/h3-5H,2,10H2,1H3. The van der Waals surface area contributed by atoms with Gasteiger partial charge in [-0.2, -0.15) is 0 Å². The monoisotopic (exact) mass is 203 g/mol. The number of rotatable bonds is 2. The lowest BCUT2D eigenvalue weighted by molar-refractivity contribution is 0.599. The van der Waals surface area contributed by atoms with E-state index in [1.807, 2.05) is 13.0 Å². The third-order valence-electron chi connectivity index (χ3n) is 1.62. The Labute approximate surface area is 78.5 Å². The van der Waals surface area contributed by atoms with Crippen LogP contribution >= 0.6 is 0 Å². The molecule has 0 spiro atoms. The van der Waals surface area contributed by atoms with E-state index in [9.17, 15) is 4.39 Å². The summed E-state index contributed by atoms with van der Waals surface area (Å²) < 4.78 is 13.1. The molecule has 1 nitrogen and oxygen atoms in total. The van der Waals surface area contributed by atoms with Crippen LogP contribution in [0.25, 0.3) is 0 Å². The van der Waals surface area contributed by atoms with E-state index in [1.165, 1.54) is 6.07 Å². The lowest BCUT2D eigenvalue weighted by Gasteiger charge is -2.02. The Morgan fingerprint density at radius 2 is 2.25 bits per heavy atom. The van der Waals surface area contributed by atoms with Gasteiger partial charge in [0.2, 0.25) is 0 Å². The van der Waals surface area contributed by atoms with Crippen LogP contribution < -0.4 is 5.14 Å². The molecular formula is C8H10FNS2. The zero-order valence-corrected chi connectivity index (χ0v) is 8.34.